The maximum Gasteiger partial charge on any atom is 0.251 e. The maximum atomic E-state index is 13.3. The number of halogens is 2. The van der Waals surface area contributed by atoms with Gasteiger partial charge in [-0.3, -0.25) is 9.78 Å². The zero-order valence-corrected chi connectivity index (χ0v) is 18.4. The number of imidazole rings is 1. The Morgan fingerprint density at radius 3 is 2.74 bits per heavy atom. The number of amides is 1. The first-order valence-corrected chi connectivity index (χ1v) is 11.2. The van der Waals surface area contributed by atoms with Crippen LogP contribution in [0.4, 0.5) is 4.39 Å². The number of benzene rings is 2. The number of rotatable bonds is 7. The largest absolute Gasteiger partial charge is 0.352 e. The molecular weight excluding hydrogens is 435 g/mol. The molecule has 2 aromatic heterocycles. The molecule has 2 aromatic carbocycles. The second-order valence-corrected chi connectivity index (χ2v) is 8.28. The first-order valence-electron chi connectivity index (χ1n) is 9.79. The van der Waals surface area contributed by atoms with Gasteiger partial charge in [0.1, 0.15) is 5.82 Å². The summed E-state index contributed by atoms with van der Waals surface area (Å²) in [5.41, 5.74) is 4.28. The molecule has 0 saturated carbocycles. The highest BCUT2D eigenvalue weighted by Crippen LogP contribution is 2.30. The normalized spacial score (nSPS) is 11.1. The Kier molecular flexibility index (Phi) is 6.53. The highest BCUT2D eigenvalue weighted by atomic mass is 35.5. The van der Waals surface area contributed by atoms with Crippen LogP contribution in [0.1, 0.15) is 28.4 Å². The topological polar surface area (TPSA) is 59.8 Å². The molecule has 2 heterocycles. The van der Waals surface area contributed by atoms with Gasteiger partial charge in [0, 0.05) is 29.1 Å². The van der Waals surface area contributed by atoms with Crippen molar-refractivity contribution in [2.75, 3.05) is 6.54 Å². The van der Waals surface area contributed by atoms with Crippen LogP contribution in [0.3, 0.4) is 0 Å². The number of nitrogens with one attached hydrogen (secondary N) is 1. The number of pyridine rings is 1. The summed E-state index contributed by atoms with van der Waals surface area (Å²) in [5.74, 6) is 0.123. The predicted molar refractivity (Wildman–Crippen MR) is 122 cm³/mol. The lowest BCUT2D eigenvalue weighted by Crippen LogP contribution is -2.22. The first-order chi connectivity index (χ1) is 15.0. The minimum Gasteiger partial charge on any atom is -0.352 e. The third kappa shape index (κ3) is 4.89. The number of fused-ring (bicyclic) bond motifs is 1. The fourth-order valence-electron chi connectivity index (χ4n) is 3.20. The lowest BCUT2D eigenvalue weighted by molar-refractivity contribution is 0.0956. The molecule has 8 heteroatoms. The van der Waals surface area contributed by atoms with Crippen LogP contribution in [0.15, 0.2) is 66.1 Å². The Morgan fingerprint density at radius 2 is 2.00 bits per heavy atom. The van der Waals surface area contributed by atoms with E-state index in [1.165, 1.54) is 23.9 Å². The molecule has 1 amide bonds. The van der Waals surface area contributed by atoms with Crippen molar-refractivity contribution >= 4 is 40.3 Å². The molecule has 0 atom stereocenters. The quantitative estimate of drug-likeness (QED) is 0.384. The molecule has 4 aromatic rings. The van der Waals surface area contributed by atoms with Gasteiger partial charge < -0.3 is 9.88 Å². The van der Waals surface area contributed by atoms with Crippen LogP contribution in [-0.2, 0) is 12.3 Å². The molecular formula is C23H20ClFN4OS. The molecule has 0 spiro atoms. The van der Waals surface area contributed by atoms with Gasteiger partial charge in [0.05, 0.1) is 23.8 Å². The Hall–Kier alpha value is -2.90. The van der Waals surface area contributed by atoms with Crippen molar-refractivity contribution < 1.29 is 9.18 Å². The monoisotopic (exact) mass is 454 g/mol. The van der Waals surface area contributed by atoms with E-state index in [9.17, 15) is 9.18 Å². The van der Waals surface area contributed by atoms with Gasteiger partial charge >= 0.3 is 0 Å². The van der Waals surface area contributed by atoms with E-state index in [0.717, 1.165) is 27.3 Å². The van der Waals surface area contributed by atoms with E-state index >= 15 is 0 Å². The Balaban J connectivity index is 1.60. The van der Waals surface area contributed by atoms with Gasteiger partial charge in [-0.15, -0.1) is 0 Å². The SMILES string of the molecule is CCNC(=O)c1ccc(Cn2c(SCc3ccc(F)cc3Cl)nc3ccncc32)cc1. The van der Waals surface area contributed by atoms with Crippen LogP contribution < -0.4 is 5.32 Å². The Bertz CT molecular complexity index is 1230. The molecule has 1 N–H and O–H groups in total. The maximum absolute atomic E-state index is 13.3. The average Bonchev–Trinajstić information content (AvgIpc) is 3.11. The summed E-state index contributed by atoms with van der Waals surface area (Å²) in [6.07, 6.45) is 3.51. The van der Waals surface area contributed by atoms with Gasteiger partial charge in [-0.25, -0.2) is 9.37 Å². The van der Waals surface area contributed by atoms with E-state index in [1.807, 2.05) is 37.3 Å². The Morgan fingerprint density at radius 1 is 1.19 bits per heavy atom. The summed E-state index contributed by atoms with van der Waals surface area (Å²) in [5, 5.41) is 4.02. The van der Waals surface area contributed by atoms with Crippen molar-refractivity contribution in [2.45, 2.75) is 24.4 Å². The predicted octanol–water partition coefficient (Wildman–Crippen LogP) is 5.31. The smallest absolute Gasteiger partial charge is 0.251 e. The van der Waals surface area contributed by atoms with Crippen molar-refractivity contribution in [2.24, 2.45) is 0 Å². The van der Waals surface area contributed by atoms with E-state index in [0.29, 0.717) is 29.4 Å². The summed E-state index contributed by atoms with van der Waals surface area (Å²) in [6, 6.07) is 13.8. The third-order valence-corrected chi connectivity index (χ3v) is 6.16. The molecule has 0 saturated heterocycles. The second-order valence-electron chi connectivity index (χ2n) is 6.93. The lowest BCUT2D eigenvalue weighted by atomic mass is 10.1. The zero-order valence-electron chi connectivity index (χ0n) is 16.8. The van der Waals surface area contributed by atoms with Crippen molar-refractivity contribution in [1.29, 1.82) is 0 Å². The second kappa shape index (κ2) is 9.49. The van der Waals surface area contributed by atoms with E-state index in [1.54, 1.807) is 18.5 Å². The molecule has 31 heavy (non-hydrogen) atoms. The molecule has 0 aliphatic carbocycles. The molecule has 4 rings (SSSR count). The summed E-state index contributed by atoms with van der Waals surface area (Å²) < 4.78 is 15.4. The number of hydrogen-bond donors (Lipinski definition) is 1. The van der Waals surface area contributed by atoms with Gasteiger partial charge in [-0.2, -0.15) is 0 Å². The average molecular weight is 455 g/mol. The lowest BCUT2D eigenvalue weighted by Gasteiger charge is -2.10. The van der Waals surface area contributed by atoms with Crippen LogP contribution in [0, 0.1) is 5.82 Å². The molecule has 0 unspecified atom stereocenters. The van der Waals surface area contributed by atoms with Gasteiger partial charge in [-0.05, 0) is 48.4 Å². The van der Waals surface area contributed by atoms with E-state index in [2.05, 4.69) is 14.9 Å². The van der Waals surface area contributed by atoms with Crippen LogP contribution in [0.25, 0.3) is 11.0 Å². The van der Waals surface area contributed by atoms with Crippen LogP contribution in [-0.4, -0.2) is 27.0 Å². The number of carbonyl (C=O) groups is 1. The third-order valence-electron chi connectivity index (χ3n) is 4.78. The molecule has 0 aliphatic heterocycles. The molecule has 158 valence electrons. The summed E-state index contributed by atoms with van der Waals surface area (Å²) in [6.45, 7) is 3.06. The molecule has 0 radical (unpaired) electrons. The number of nitrogens with zero attached hydrogens (tertiary/aromatic N) is 3. The zero-order chi connectivity index (χ0) is 21.8. The number of aromatic nitrogens is 3. The fraction of sp³-hybridized carbons (Fsp3) is 0.174. The highest BCUT2D eigenvalue weighted by Gasteiger charge is 2.14. The van der Waals surface area contributed by atoms with Gasteiger partial charge in [0.25, 0.3) is 5.91 Å². The summed E-state index contributed by atoms with van der Waals surface area (Å²) >= 11 is 7.72. The van der Waals surface area contributed by atoms with Crippen LogP contribution in [0.5, 0.6) is 0 Å². The van der Waals surface area contributed by atoms with Gasteiger partial charge in [0.15, 0.2) is 5.16 Å². The van der Waals surface area contributed by atoms with Crippen LogP contribution in [0.2, 0.25) is 5.02 Å². The molecule has 5 nitrogen and oxygen atoms in total. The number of thioether (sulfide) groups is 1. The van der Waals surface area contributed by atoms with Crippen molar-refractivity contribution in [3.05, 3.63) is 88.5 Å². The van der Waals surface area contributed by atoms with E-state index < -0.39 is 0 Å². The highest BCUT2D eigenvalue weighted by molar-refractivity contribution is 7.98. The van der Waals surface area contributed by atoms with Crippen LogP contribution >= 0.6 is 23.4 Å². The van der Waals surface area contributed by atoms with Gasteiger partial charge in [-0.1, -0.05) is 41.6 Å². The molecule has 0 fully saturated rings. The van der Waals surface area contributed by atoms with E-state index in [4.69, 9.17) is 16.6 Å². The standard InChI is InChI=1S/C23H20ClFN4OS/c1-2-27-22(30)16-5-3-15(4-6-16)13-29-21-12-26-10-9-20(21)28-23(29)31-14-17-7-8-18(25)11-19(17)24/h3-12H,2,13-14H2,1H3,(H,27,30). The first kappa shape index (κ1) is 21.3. The number of carbonyl (C=O) groups excluding carboxylic acids is 1. The van der Waals surface area contributed by atoms with E-state index in [-0.39, 0.29) is 11.7 Å². The minimum absolute atomic E-state index is 0.0845. The van der Waals surface area contributed by atoms with Crippen molar-refractivity contribution in [1.82, 2.24) is 19.9 Å². The minimum atomic E-state index is -0.354. The number of hydrogen-bond acceptors (Lipinski definition) is 4. The Labute approximate surface area is 188 Å². The summed E-state index contributed by atoms with van der Waals surface area (Å²) in [7, 11) is 0. The van der Waals surface area contributed by atoms with Crippen molar-refractivity contribution in [3.63, 3.8) is 0 Å². The van der Waals surface area contributed by atoms with Gasteiger partial charge in [0.2, 0.25) is 0 Å². The summed E-state index contributed by atoms with van der Waals surface area (Å²) in [4.78, 5) is 21.0. The van der Waals surface area contributed by atoms with Crippen molar-refractivity contribution in [3.8, 4) is 0 Å². The fourth-order valence-corrected chi connectivity index (χ4v) is 4.53. The molecule has 0 bridgehead atoms. The molecule has 0 aliphatic rings.